The number of rotatable bonds is 5. The van der Waals surface area contributed by atoms with E-state index in [0.29, 0.717) is 17.9 Å². The highest BCUT2D eigenvalue weighted by Gasteiger charge is 2.26. The molecule has 3 aromatic carbocycles. The number of cyclic esters (lactones) is 1. The lowest BCUT2D eigenvalue weighted by Gasteiger charge is -2.08. The van der Waals surface area contributed by atoms with Crippen LogP contribution in [0, 0.1) is 18.6 Å². The minimum Gasteiger partial charge on any atom is -0.489 e. The topological polar surface area (TPSA) is 47.9 Å². The van der Waals surface area contributed by atoms with Gasteiger partial charge in [-0.05, 0) is 54.0 Å². The van der Waals surface area contributed by atoms with E-state index < -0.39 is 17.6 Å². The number of esters is 1. The molecule has 0 bridgehead atoms. The predicted molar refractivity (Wildman–Crippen MR) is 114 cm³/mol. The third kappa shape index (κ3) is 4.64. The van der Waals surface area contributed by atoms with Gasteiger partial charge in [-0.1, -0.05) is 48.0 Å². The van der Waals surface area contributed by atoms with Gasteiger partial charge in [0.05, 0.1) is 10.6 Å². The van der Waals surface area contributed by atoms with Crippen LogP contribution in [0.2, 0.25) is 5.02 Å². The Balaban J connectivity index is 1.50. The van der Waals surface area contributed by atoms with E-state index in [2.05, 4.69) is 4.99 Å². The number of ether oxygens (including phenoxy) is 2. The Labute approximate surface area is 182 Å². The van der Waals surface area contributed by atoms with Crippen LogP contribution in [0.25, 0.3) is 6.08 Å². The fourth-order valence-corrected chi connectivity index (χ4v) is 3.19. The lowest BCUT2D eigenvalue weighted by Crippen LogP contribution is -2.07. The molecule has 156 valence electrons. The molecule has 1 aliphatic heterocycles. The third-order valence-corrected chi connectivity index (χ3v) is 5.01. The summed E-state index contributed by atoms with van der Waals surface area (Å²) >= 11 is 5.93. The number of halogens is 3. The van der Waals surface area contributed by atoms with Gasteiger partial charge in [-0.2, -0.15) is 0 Å². The van der Waals surface area contributed by atoms with Crippen LogP contribution in [0.3, 0.4) is 0 Å². The first-order chi connectivity index (χ1) is 14.9. The SMILES string of the molecule is Cc1ccccc1COc1ccc(/C=C2\N=C(c3cc(F)c(F)cc3Cl)OC2=O)cc1. The molecule has 0 spiro atoms. The zero-order chi connectivity index (χ0) is 22.0. The summed E-state index contributed by atoms with van der Waals surface area (Å²) in [7, 11) is 0. The summed E-state index contributed by atoms with van der Waals surface area (Å²) in [5.74, 6) is -2.43. The number of hydrogen-bond acceptors (Lipinski definition) is 4. The fourth-order valence-electron chi connectivity index (χ4n) is 2.96. The number of aliphatic imine (C=N–C) groups is 1. The van der Waals surface area contributed by atoms with Crippen LogP contribution in [0.1, 0.15) is 22.3 Å². The first kappa shape index (κ1) is 20.8. The molecule has 0 fully saturated rings. The highest BCUT2D eigenvalue weighted by molar-refractivity contribution is 6.34. The van der Waals surface area contributed by atoms with Crippen molar-refractivity contribution in [1.29, 1.82) is 0 Å². The molecule has 31 heavy (non-hydrogen) atoms. The molecule has 0 atom stereocenters. The summed E-state index contributed by atoms with van der Waals surface area (Å²) < 4.78 is 37.7. The van der Waals surface area contributed by atoms with Gasteiger partial charge >= 0.3 is 5.97 Å². The number of hydrogen-bond donors (Lipinski definition) is 0. The Bertz CT molecular complexity index is 1220. The van der Waals surface area contributed by atoms with Crippen LogP contribution in [-0.4, -0.2) is 11.9 Å². The molecule has 0 unspecified atom stereocenters. The second-order valence-electron chi connectivity index (χ2n) is 6.87. The molecule has 7 heteroatoms. The highest BCUT2D eigenvalue weighted by Crippen LogP contribution is 2.26. The van der Waals surface area contributed by atoms with Crippen molar-refractivity contribution in [1.82, 2.24) is 0 Å². The maximum Gasteiger partial charge on any atom is 0.363 e. The lowest BCUT2D eigenvalue weighted by atomic mass is 10.1. The Morgan fingerprint density at radius 2 is 1.77 bits per heavy atom. The maximum absolute atomic E-state index is 13.5. The molecule has 0 amide bonds. The predicted octanol–water partition coefficient (Wildman–Crippen LogP) is 5.85. The number of carbonyl (C=O) groups is 1. The molecule has 0 aromatic heterocycles. The van der Waals surface area contributed by atoms with E-state index in [1.165, 1.54) is 6.08 Å². The Kier molecular flexibility index (Phi) is 5.82. The van der Waals surface area contributed by atoms with Gasteiger partial charge in [-0.25, -0.2) is 18.6 Å². The van der Waals surface area contributed by atoms with E-state index >= 15 is 0 Å². The van der Waals surface area contributed by atoms with Crippen LogP contribution >= 0.6 is 11.6 Å². The first-order valence-corrected chi connectivity index (χ1v) is 9.73. The van der Waals surface area contributed by atoms with E-state index in [1.807, 2.05) is 31.2 Å². The van der Waals surface area contributed by atoms with Gasteiger partial charge in [0.15, 0.2) is 17.3 Å². The molecule has 0 saturated heterocycles. The average molecular weight is 440 g/mol. The quantitative estimate of drug-likeness (QED) is 0.284. The molecule has 1 heterocycles. The minimum absolute atomic E-state index is 0.00253. The van der Waals surface area contributed by atoms with E-state index in [1.54, 1.807) is 24.3 Å². The standard InChI is InChI=1S/C24H16ClF2NO3/c1-14-4-2-3-5-16(14)13-30-17-8-6-15(7-9-17)10-22-24(29)31-23(28-22)18-11-20(26)21(27)12-19(18)25/h2-12H,13H2,1H3/b22-10-. The van der Waals surface area contributed by atoms with Crippen LogP contribution in [0.5, 0.6) is 5.75 Å². The Hall–Kier alpha value is -3.51. The van der Waals surface area contributed by atoms with Crippen molar-refractivity contribution in [2.24, 2.45) is 4.99 Å². The average Bonchev–Trinajstić information content (AvgIpc) is 3.11. The van der Waals surface area contributed by atoms with Gasteiger partial charge < -0.3 is 9.47 Å². The largest absolute Gasteiger partial charge is 0.489 e. The first-order valence-electron chi connectivity index (χ1n) is 9.35. The van der Waals surface area contributed by atoms with Crippen molar-refractivity contribution in [3.8, 4) is 5.75 Å². The van der Waals surface area contributed by atoms with Crippen LogP contribution in [0.15, 0.2) is 71.4 Å². The zero-order valence-electron chi connectivity index (χ0n) is 16.4. The zero-order valence-corrected chi connectivity index (χ0v) is 17.1. The monoisotopic (exact) mass is 439 g/mol. The Morgan fingerprint density at radius 3 is 2.52 bits per heavy atom. The summed E-state index contributed by atoms with van der Waals surface area (Å²) in [4.78, 5) is 16.2. The van der Waals surface area contributed by atoms with Crippen molar-refractivity contribution >= 4 is 29.5 Å². The number of benzene rings is 3. The van der Waals surface area contributed by atoms with E-state index in [4.69, 9.17) is 21.1 Å². The maximum atomic E-state index is 13.5. The smallest absolute Gasteiger partial charge is 0.363 e. The molecule has 4 rings (SSSR count). The second kappa shape index (κ2) is 8.70. The highest BCUT2D eigenvalue weighted by atomic mass is 35.5. The van der Waals surface area contributed by atoms with Crippen molar-refractivity contribution in [2.75, 3.05) is 0 Å². The number of aryl methyl sites for hydroxylation is 1. The van der Waals surface area contributed by atoms with Gasteiger partial charge in [-0.3, -0.25) is 0 Å². The normalized spacial score (nSPS) is 14.5. The summed E-state index contributed by atoms with van der Waals surface area (Å²) in [6.07, 6.45) is 1.52. The molecule has 3 aromatic rings. The van der Waals surface area contributed by atoms with Crippen molar-refractivity contribution in [3.05, 3.63) is 105 Å². The van der Waals surface area contributed by atoms with Gasteiger partial charge in [0, 0.05) is 0 Å². The molecule has 0 radical (unpaired) electrons. The van der Waals surface area contributed by atoms with Crippen molar-refractivity contribution < 1.29 is 23.0 Å². The summed E-state index contributed by atoms with van der Waals surface area (Å²) in [5.41, 5.74) is 2.96. The van der Waals surface area contributed by atoms with E-state index in [0.717, 1.165) is 23.3 Å². The number of nitrogens with zero attached hydrogens (tertiary/aromatic N) is 1. The van der Waals surface area contributed by atoms with Crippen molar-refractivity contribution in [3.63, 3.8) is 0 Å². The minimum atomic E-state index is -1.11. The van der Waals surface area contributed by atoms with Gasteiger partial charge in [0.1, 0.15) is 12.4 Å². The molecular formula is C24H16ClF2NO3. The molecule has 0 aliphatic carbocycles. The van der Waals surface area contributed by atoms with E-state index in [-0.39, 0.29) is 22.2 Å². The van der Waals surface area contributed by atoms with E-state index in [9.17, 15) is 13.6 Å². The summed E-state index contributed by atoms with van der Waals surface area (Å²) in [6.45, 7) is 2.47. The summed E-state index contributed by atoms with van der Waals surface area (Å²) in [6, 6.07) is 16.7. The van der Waals surface area contributed by atoms with Crippen LogP contribution in [-0.2, 0) is 16.1 Å². The second-order valence-corrected chi connectivity index (χ2v) is 7.27. The molecule has 0 saturated carbocycles. The summed E-state index contributed by atoms with van der Waals surface area (Å²) in [5, 5.41) is -0.109. The fraction of sp³-hybridized carbons (Fsp3) is 0.0833. The third-order valence-electron chi connectivity index (χ3n) is 4.70. The van der Waals surface area contributed by atoms with Gasteiger partial charge in [-0.15, -0.1) is 0 Å². The molecule has 4 nitrogen and oxygen atoms in total. The van der Waals surface area contributed by atoms with Crippen LogP contribution < -0.4 is 4.74 Å². The van der Waals surface area contributed by atoms with Crippen molar-refractivity contribution in [2.45, 2.75) is 13.5 Å². The molecular weight excluding hydrogens is 424 g/mol. The van der Waals surface area contributed by atoms with Gasteiger partial charge in [0.25, 0.3) is 0 Å². The van der Waals surface area contributed by atoms with Crippen LogP contribution in [0.4, 0.5) is 8.78 Å². The number of carbonyl (C=O) groups excluding carboxylic acids is 1. The molecule has 0 N–H and O–H groups in total. The Morgan fingerprint density at radius 1 is 1.06 bits per heavy atom. The molecule has 1 aliphatic rings. The lowest BCUT2D eigenvalue weighted by molar-refractivity contribution is -0.129. The van der Waals surface area contributed by atoms with Gasteiger partial charge in [0.2, 0.25) is 5.90 Å².